The van der Waals surface area contributed by atoms with Gasteiger partial charge >= 0.3 is 0 Å². The Morgan fingerprint density at radius 2 is 2.45 bits per heavy atom. The molecule has 0 spiro atoms. The number of pyridine rings is 1. The minimum Gasteiger partial charge on any atom is -0.396 e. The number of nitrogens with zero attached hydrogens (tertiary/aromatic N) is 2. The molecule has 1 aliphatic rings. The number of hydrogen-bond acceptors (Lipinski definition) is 5. The van der Waals surface area contributed by atoms with E-state index in [0.29, 0.717) is 23.8 Å². The lowest BCUT2D eigenvalue weighted by atomic mass is 9.94. The summed E-state index contributed by atoms with van der Waals surface area (Å²) in [4.78, 5) is 18.5. The van der Waals surface area contributed by atoms with Gasteiger partial charge in [0.05, 0.1) is 5.56 Å². The summed E-state index contributed by atoms with van der Waals surface area (Å²) in [5.41, 5.74) is 2.92. The minimum atomic E-state index is -0.0746. The lowest BCUT2D eigenvalue weighted by Crippen LogP contribution is -2.40. The Bertz CT molecular complexity index is 481. The number of rotatable bonds is 4. The standard InChI is InChI=1S/C13H19BrN4O2/c14-10-6-11(12(17-15)16-7-10)13(20)18-4-1-2-9(8-18)3-5-19/h6-7,9,19H,1-5,8,15H2,(H,16,17). The fraction of sp³-hybridized carbons (Fsp3) is 0.538. The number of aliphatic hydroxyl groups excluding tert-OH is 1. The van der Waals surface area contributed by atoms with Gasteiger partial charge in [-0.3, -0.25) is 4.79 Å². The Hall–Kier alpha value is -1.18. The number of carbonyl (C=O) groups is 1. The highest BCUT2D eigenvalue weighted by molar-refractivity contribution is 9.10. The molecule has 20 heavy (non-hydrogen) atoms. The molecular weight excluding hydrogens is 324 g/mol. The second-order valence-corrected chi connectivity index (χ2v) is 5.88. The van der Waals surface area contributed by atoms with Gasteiger partial charge in [0.2, 0.25) is 0 Å². The number of hydrogen-bond donors (Lipinski definition) is 3. The van der Waals surface area contributed by atoms with E-state index >= 15 is 0 Å². The van der Waals surface area contributed by atoms with Crippen molar-refractivity contribution in [1.29, 1.82) is 0 Å². The van der Waals surface area contributed by atoms with E-state index in [1.165, 1.54) is 0 Å². The molecule has 1 aliphatic heterocycles. The van der Waals surface area contributed by atoms with E-state index in [4.69, 9.17) is 10.9 Å². The van der Waals surface area contributed by atoms with Gasteiger partial charge in [-0.25, -0.2) is 10.8 Å². The number of nitrogens with one attached hydrogen (secondary N) is 1. The molecular formula is C13H19BrN4O2. The van der Waals surface area contributed by atoms with E-state index in [9.17, 15) is 4.79 Å². The van der Waals surface area contributed by atoms with Crippen LogP contribution in [-0.2, 0) is 0 Å². The first-order chi connectivity index (χ1) is 9.65. The second-order valence-electron chi connectivity index (χ2n) is 4.97. The molecule has 1 atom stereocenters. The third kappa shape index (κ3) is 3.47. The van der Waals surface area contributed by atoms with Crippen LogP contribution < -0.4 is 11.3 Å². The molecule has 1 amide bonds. The topological polar surface area (TPSA) is 91.5 Å². The van der Waals surface area contributed by atoms with Gasteiger partial charge in [-0.1, -0.05) is 0 Å². The number of piperidine rings is 1. The Labute approximate surface area is 126 Å². The van der Waals surface area contributed by atoms with Crippen molar-refractivity contribution < 1.29 is 9.90 Å². The number of hydrazine groups is 1. The van der Waals surface area contributed by atoms with Gasteiger partial charge < -0.3 is 15.4 Å². The first-order valence-corrected chi connectivity index (χ1v) is 7.47. The predicted octanol–water partition coefficient (Wildman–Crippen LogP) is 1.36. The summed E-state index contributed by atoms with van der Waals surface area (Å²) in [6.07, 6.45) is 4.35. The van der Waals surface area contributed by atoms with Crippen LogP contribution in [0.25, 0.3) is 0 Å². The van der Waals surface area contributed by atoms with Crippen LogP contribution >= 0.6 is 15.9 Å². The maximum Gasteiger partial charge on any atom is 0.257 e. The molecule has 7 heteroatoms. The van der Waals surface area contributed by atoms with E-state index in [2.05, 4.69) is 26.3 Å². The van der Waals surface area contributed by atoms with Crippen molar-refractivity contribution in [3.05, 3.63) is 22.3 Å². The fourth-order valence-corrected chi connectivity index (χ4v) is 2.89. The zero-order chi connectivity index (χ0) is 14.5. The Morgan fingerprint density at radius 3 is 3.15 bits per heavy atom. The van der Waals surface area contributed by atoms with Crippen LogP contribution in [0.1, 0.15) is 29.6 Å². The van der Waals surface area contributed by atoms with Crippen molar-refractivity contribution in [3.63, 3.8) is 0 Å². The van der Waals surface area contributed by atoms with Crippen molar-refractivity contribution in [2.45, 2.75) is 19.3 Å². The van der Waals surface area contributed by atoms with E-state index < -0.39 is 0 Å². The summed E-state index contributed by atoms with van der Waals surface area (Å²) >= 11 is 3.32. The van der Waals surface area contributed by atoms with E-state index in [0.717, 1.165) is 30.3 Å². The first kappa shape index (κ1) is 15.2. The number of aromatic nitrogens is 1. The number of amides is 1. The highest BCUT2D eigenvalue weighted by atomic mass is 79.9. The largest absolute Gasteiger partial charge is 0.396 e. The molecule has 1 fully saturated rings. The molecule has 0 aliphatic carbocycles. The van der Waals surface area contributed by atoms with E-state index in [1.54, 1.807) is 12.3 Å². The van der Waals surface area contributed by atoms with Crippen LogP contribution in [-0.4, -0.2) is 40.6 Å². The van der Waals surface area contributed by atoms with Crippen LogP contribution in [0.4, 0.5) is 5.82 Å². The molecule has 1 unspecified atom stereocenters. The monoisotopic (exact) mass is 342 g/mol. The van der Waals surface area contributed by atoms with Gasteiger partial charge in [0.15, 0.2) is 5.82 Å². The molecule has 1 saturated heterocycles. The Balaban J connectivity index is 2.16. The highest BCUT2D eigenvalue weighted by Crippen LogP contribution is 2.24. The number of carbonyl (C=O) groups excluding carboxylic acids is 1. The highest BCUT2D eigenvalue weighted by Gasteiger charge is 2.26. The molecule has 0 bridgehead atoms. The van der Waals surface area contributed by atoms with E-state index in [1.807, 2.05) is 4.90 Å². The quantitative estimate of drug-likeness (QED) is 0.567. The average molecular weight is 343 g/mol. The molecule has 110 valence electrons. The fourth-order valence-electron chi connectivity index (χ4n) is 2.56. The third-order valence-corrected chi connectivity index (χ3v) is 4.00. The summed E-state index contributed by atoms with van der Waals surface area (Å²) in [6, 6.07) is 1.72. The second kappa shape index (κ2) is 7.01. The molecule has 6 nitrogen and oxygen atoms in total. The molecule has 1 aromatic heterocycles. The van der Waals surface area contributed by atoms with Gasteiger partial charge in [0, 0.05) is 30.4 Å². The molecule has 0 radical (unpaired) electrons. The first-order valence-electron chi connectivity index (χ1n) is 6.68. The number of anilines is 1. The Kier molecular flexibility index (Phi) is 5.33. The van der Waals surface area contributed by atoms with Gasteiger partial charge in [0.25, 0.3) is 5.91 Å². The third-order valence-electron chi connectivity index (χ3n) is 3.57. The van der Waals surface area contributed by atoms with Crippen molar-refractivity contribution in [2.75, 3.05) is 25.1 Å². The molecule has 2 rings (SSSR count). The zero-order valence-electron chi connectivity index (χ0n) is 11.2. The van der Waals surface area contributed by atoms with Crippen molar-refractivity contribution >= 4 is 27.7 Å². The van der Waals surface area contributed by atoms with Crippen LogP contribution in [0.3, 0.4) is 0 Å². The summed E-state index contributed by atoms with van der Waals surface area (Å²) in [6.45, 7) is 1.58. The van der Waals surface area contributed by atoms with E-state index in [-0.39, 0.29) is 12.5 Å². The maximum absolute atomic E-state index is 12.6. The minimum absolute atomic E-state index is 0.0746. The van der Waals surface area contributed by atoms with Crippen molar-refractivity contribution in [2.24, 2.45) is 11.8 Å². The summed E-state index contributed by atoms with van der Waals surface area (Å²) in [5.74, 6) is 6.08. The summed E-state index contributed by atoms with van der Waals surface area (Å²) < 4.78 is 0.740. The average Bonchev–Trinajstić information content (AvgIpc) is 2.47. The van der Waals surface area contributed by atoms with Gasteiger partial charge in [0.1, 0.15) is 0 Å². The number of nitrogen functional groups attached to an aromatic ring is 1. The normalized spacial score (nSPS) is 18.9. The summed E-state index contributed by atoms with van der Waals surface area (Å²) in [5, 5.41) is 9.03. The van der Waals surface area contributed by atoms with Gasteiger partial charge in [-0.2, -0.15) is 0 Å². The zero-order valence-corrected chi connectivity index (χ0v) is 12.8. The smallest absolute Gasteiger partial charge is 0.257 e. The van der Waals surface area contributed by atoms with Gasteiger partial charge in [-0.05, 0) is 47.2 Å². The molecule has 0 saturated carbocycles. The number of halogens is 1. The van der Waals surface area contributed by atoms with Crippen LogP contribution in [0, 0.1) is 5.92 Å². The summed E-state index contributed by atoms with van der Waals surface area (Å²) in [7, 11) is 0. The molecule has 1 aromatic rings. The molecule has 2 heterocycles. The maximum atomic E-state index is 12.6. The predicted molar refractivity (Wildman–Crippen MR) is 80.1 cm³/mol. The van der Waals surface area contributed by atoms with Crippen molar-refractivity contribution in [1.82, 2.24) is 9.88 Å². The van der Waals surface area contributed by atoms with Crippen molar-refractivity contribution in [3.8, 4) is 0 Å². The lowest BCUT2D eigenvalue weighted by Gasteiger charge is -2.32. The SMILES string of the molecule is NNc1ncc(Br)cc1C(=O)N1CCCC(CCO)C1. The molecule has 0 aromatic carbocycles. The van der Waals surface area contributed by atoms with Gasteiger partial charge in [-0.15, -0.1) is 0 Å². The number of nitrogens with two attached hydrogens (primary N) is 1. The van der Waals surface area contributed by atoms with Crippen LogP contribution in [0.15, 0.2) is 16.7 Å². The Morgan fingerprint density at radius 1 is 1.65 bits per heavy atom. The number of likely N-dealkylation sites (tertiary alicyclic amines) is 1. The lowest BCUT2D eigenvalue weighted by molar-refractivity contribution is 0.0654. The molecule has 4 N–H and O–H groups in total. The van der Waals surface area contributed by atoms with Crippen LogP contribution in [0.5, 0.6) is 0 Å². The van der Waals surface area contributed by atoms with Crippen LogP contribution in [0.2, 0.25) is 0 Å². The number of aliphatic hydroxyl groups is 1.